The molecule has 0 fully saturated rings. The van der Waals surface area contributed by atoms with Crippen molar-refractivity contribution in [2.45, 2.75) is 13.3 Å². The fraction of sp³-hybridized carbons (Fsp3) is 0.200. The molecule has 0 atom stereocenters. The van der Waals surface area contributed by atoms with Gasteiger partial charge in [-0.25, -0.2) is 0 Å². The Balaban J connectivity index is 1.87. The molecule has 0 aliphatic rings. The number of rotatable bonds is 5. The number of aryl methyl sites for hydroxylation is 1. The summed E-state index contributed by atoms with van der Waals surface area (Å²) in [6.45, 7) is 2.86. The van der Waals surface area contributed by atoms with Gasteiger partial charge in [-0.3, -0.25) is 10.1 Å². The monoisotopic (exact) mass is 256 g/mol. The summed E-state index contributed by atoms with van der Waals surface area (Å²) in [5, 5.41) is 13.9. The van der Waals surface area contributed by atoms with Crippen LogP contribution in [-0.2, 0) is 6.42 Å². The molecule has 98 valence electrons. The van der Waals surface area contributed by atoms with Crippen LogP contribution < -0.4 is 5.32 Å². The molecule has 0 unspecified atom stereocenters. The highest BCUT2D eigenvalue weighted by atomic mass is 16.6. The minimum atomic E-state index is -0.380. The van der Waals surface area contributed by atoms with Crippen LogP contribution >= 0.6 is 0 Å². The third kappa shape index (κ3) is 3.81. The van der Waals surface area contributed by atoms with Gasteiger partial charge in [0, 0.05) is 24.4 Å². The normalized spacial score (nSPS) is 10.2. The van der Waals surface area contributed by atoms with E-state index in [2.05, 4.69) is 24.4 Å². The van der Waals surface area contributed by atoms with Gasteiger partial charge in [0.05, 0.1) is 4.92 Å². The molecule has 0 saturated heterocycles. The van der Waals surface area contributed by atoms with E-state index in [0.29, 0.717) is 0 Å². The highest BCUT2D eigenvalue weighted by Gasteiger charge is 2.03. The summed E-state index contributed by atoms with van der Waals surface area (Å²) in [6.07, 6.45) is 0.839. The van der Waals surface area contributed by atoms with E-state index in [1.807, 2.05) is 12.1 Å². The molecule has 1 N–H and O–H groups in total. The van der Waals surface area contributed by atoms with Crippen LogP contribution in [0.15, 0.2) is 48.5 Å². The van der Waals surface area contributed by atoms with Gasteiger partial charge in [-0.1, -0.05) is 24.3 Å². The van der Waals surface area contributed by atoms with Gasteiger partial charge < -0.3 is 5.32 Å². The van der Waals surface area contributed by atoms with E-state index in [-0.39, 0.29) is 10.6 Å². The van der Waals surface area contributed by atoms with Gasteiger partial charge in [0.15, 0.2) is 0 Å². The standard InChI is InChI=1S/C15H16N2O2/c1-12-3-2-4-14(11-12)16-10-9-13-5-7-15(8-6-13)17(18)19/h2-8,11,16H,9-10H2,1H3. The second-order valence-electron chi connectivity index (χ2n) is 4.47. The van der Waals surface area contributed by atoms with Crippen molar-refractivity contribution < 1.29 is 4.92 Å². The Morgan fingerprint density at radius 3 is 2.53 bits per heavy atom. The molecule has 4 heteroatoms. The molecule has 19 heavy (non-hydrogen) atoms. The fourth-order valence-electron chi connectivity index (χ4n) is 1.89. The smallest absolute Gasteiger partial charge is 0.269 e. The number of nitro groups is 1. The zero-order chi connectivity index (χ0) is 13.7. The van der Waals surface area contributed by atoms with Gasteiger partial charge >= 0.3 is 0 Å². The molecule has 0 aliphatic carbocycles. The Morgan fingerprint density at radius 1 is 1.16 bits per heavy atom. The first-order valence-electron chi connectivity index (χ1n) is 6.19. The zero-order valence-electron chi connectivity index (χ0n) is 10.8. The number of hydrogen-bond donors (Lipinski definition) is 1. The Bertz CT molecular complexity index is 565. The van der Waals surface area contributed by atoms with Crippen molar-refractivity contribution in [2.75, 3.05) is 11.9 Å². The van der Waals surface area contributed by atoms with E-state index in [4.69, 9.17) is 0 Å². The van der Waals surface area contributed by atoms with Crippen LogP contribution in [0.2, 0.25) is 0 Å². The van der Waals surface area contributed by atoms with Crippen LogP contribution in [0.3, 0.4) is 0 Å². The second-order valence-corrected chi connectivity index (χ2v) is 4.47. The lowest BCUT2D eigenvalue weighted by atomic mass is 10.1. The maximum atomic E-state index is 10.5. The van der Waals surface area contributed by atoms with Crippen molar-refractivity contribution in [3.63, 3.8) is 0 Å². The molecule has 2 aromatic rings. The third-order valence-electron chi connectivity index (χ3n) is 2.91. The maximum Gasteiger partial charge on any atom is 0.269 e. The largest absolute Gasteiger partial charge is 0.385 e. The lowest BCUT2D eigenvalue weighted by molar-refractivity contribution is -0.384. The summed E-state index contributed by atoms with van der Waals surface area (Å²) in [6, 6.07) is 14.9. The number of nitrogens with zero attached hydrogens (tertiary/aromatic N) is 1. The third-order valence-corrected chi connectivity index (χ3v) is 2.91. The van der Waals surface area contributed by atoms with Crippen molar-refractivity contribution in [1.29, 1.82) is 0 Å². The van der Waals surface area contributed by atoms with Crippen molar-refractivity contribution in [2.24, 2.45) is 0 Å². The van der Waals surface area contributed by atoms with E-state index in [1.165, 1.54) is 5.56 Å². The molecular weight excluding hydrogens is 240 g/mol. The molecule has 0 bridgehead atoms. The number of nitro benzene ring substituents is 1. The Hall–Kier alpha value is -2.36. The van der Waals surface area contributed by atoms with Crippen molar-refractivity contribution >= 4 is 11.4 Å². The second kappa shape index (κ2) is 6.00. The first-order chi connectivity index (χ1) is 9.15. The number of anilines is 1. The van der Waals surface area contributed by atoms with Gasteiger partial charge in [-0.15, -0.1) is 0 Å². The van der Waals surface area contributed by atoms with Gasteiger partial charge in [0.2, 0.25) is 0 Å². The van der Waals surface area contributed by atoms with Gasteiger partial charge in [-0.05, 0) is 36.6 Å². The van der Waals surface area contributed by atoms with Crippen LogP contribution in [0.4, 0.5) is 11.4 Å². The average molecular weight is 256 g/mol. The van der Waals surface area contributed by atoms with E-state index in [1.54, 1.807) is 24.3 Å². The molecule has 2 rings (SSSR count). The molecule has 0 aromatic heterocycles. The summed E-state index contributed by atoms with van der Waals surface area (Å²) in [5.41, 5.74) is 3.54. The fourth-order valence-corrected chi connectivity index (χ4v) is 1.89. The van der Waals surface area contributed by atoms with Crippen LogP contribution in [0.25, 0.3) is 0 Å². The number of nitrogens with one attached hydrogen (secondary N) is 1. The Labute approximate surface area is 112 Å². The van der Waals surface area contributed by atoms with E-state index in [9.17, 15) is 10.1 Å². The summed E-state index contributed by atoms with van der Waals surface area (Å²) in [5.74, 6) is 0. The SMILES string of the molecule is Cc1cccc(NCCc2ccc([N+](=O)[O-])cc2)c1. The molecule has 0 radical (unpaired) electrons. The summed E-state index contributed by atoms with van der Waals surface area (Å²) < 4.78 is 0. The maximum absolute atomic E-state index is 10.5. The van der Waals surface area contributed by atoms with Crippen molar-refractivity contribution in [1.82, 2.24) is 0 Å². The first kappa shape index (κ1) is 13.1. The molecule has 0 heterocycles. The van der Waals surface area contributed by atoms with Crippen LogP contribution in [-0.4, -0.2) is 11.5 Å². The molecule has 0 amide bonds. The Kier molecular flexibility index (Phi) is 4.13. The van der Waals surface area contributed by atoms with E-state index in [0.717, 1.165) is 24.2 Å². The van der Waals surface area contributed by atoms with Gasteiger partial charge in [-0.2, -0.15) is 0 Å². The summed E-state index contributed by atoms with van der Waals surface area (Å²) in [7, 11) is 0. The minimum Gasteiger partial charge on any atom is -0.385 e. The molecule has 0 spiro atoms. The summed E-state index contributed by atoms with van der Waals surface area (Å²) >= 11 is 0. The Morgan fingerprint density at radius 2 is 1.89 bits per heavy atom. The topological polar surface area (TPSA) is 55.2 Å². The molecule has 2 aromatic carbocycles. The molecule has 0 saturated carbocycles. The van der Waals surface area contributed by atoms with E-state index < -0.39 is 0 Å². The van der Waals surface area contributed by atoms with Crippen LogP contribution in [0, 0.1) is 17.0 Å². The zero-order valence-corrected chi connectivity index (χ0v) is 10.8. The minimum absolute atomic E-state index is 0.135. The number of non-ortho nitro benzene ring substituents is 1. The van der Waals surface area contributed by atoms with Crippen molar-refractivity contribution in [3.8, 4) is 0 Å². The van der Waals surface area contributed by atoms with Gasteiger partial charge in [0.1, 0.15) is 0 Å². The predicted molar refractivity (Wildman–Crippen MR) is 76.5 cm³/mol. The quantitative estimate of drug-likeness (QED) is 0.657. The average Bonchev–Trinajstić information content (AvgIpc) is 2.39. The van der Waals surface area contributed by atoms with Crippen molar-refractivity contribution in [3.05, 3.63) is 69.8 Å². The highest BCUT2D eigenvalue weighted by molar-refractivity contribution is 5.45. The summed E-state index contributed by atoms with van der Waals surface area (Å²) in [4.78, 5) is 10.2. The van der Waals surface area contributed by atoms with Crippen LogP contribution in [0.5, 0.6) is 0 Å². The molecule has 0 aliphatic heterocycles. The lowest BCUT2D eigenvalue weighted by Crippen LogP contribution is -2.04. The number of benzene rings is 2. The van der Waals surface area contributed by atoms with Crippen LogP contribution in [0.1, 0.15) is 11.1 Å². The predicted octanol–water partition coefficient (Wildman–Crippen LogP) is 3.56. The molecular formula is C15H16N2O2. The highest BCUT2D eigenvalue weighted by Crippen LogP contribution is 2.13. The molecule has 4 nitrogen and oxygen atoms in total. The lowest BCUT2D eigenvalue weighted by Gasteiger charge is -2.07. The van der Waals surface area contributed by atoms with E-state index >= 15 is 0 Å². The number of hydrogen-bond acceptors (Lipinski definition) is 3. The van der Waals surface area contributed by atoms with Gasteiger partial charge in [0.25, 0.3) is 5.69 Å². The first-order valence-corrected chi connectivity index (χ1v) is 6.19.